The van der Waals surface area contributed by atoms with E-state index in [4.69, 9.17) is 0 Å². The molecule has 0 aliphatic carbocycles. The largest absolute Gasteiger partial charge is 0.304 e. The molecule has 0 saturated heterocycles. The fourth-order valence-corrected chi connectivity index (χ4v) is 2.31. The number of rotatable bonds is 6. The van der Waals surface area contributed by atoms with Crippen LogP contribution in [0.15, 0.2) is 30.6 Å². The summed E-state index contributed by atoms with van der Waals surface area (Å²) < 4.78 is 0. The van der Waals surface area contributed by atoms with Gasteiger partial charge in [-0.1, -0.05) is 33.8 Å². The molecular weight excluding hydrogens is 270 g/mol. The summed E-state index contributed by atoms with van der Waals surface area (Å²) in [7, 11) is 0. The van der Waals surface area contributed by atoms with Crippen LogP contribution in [0.3, 0.4) is 0 Å². The molecule has 0 fully saturated rings. The highest BCUT2D eigenvalue weighted by atomic mass is 15.2. The van der Waals surface area contributed by atoms with Crippen LogP contribution in [0, 0.1) is 0 Å². The molecule has 1 aromatic rings. The van der Waals surface area contributed by atoms with E-state index in [2.05, 4.69) is 70.2 Å². The molecule has 1 aromatic heterocycles. The normalized spacial score (nSPS) is 10.4. The van der Waals surface area contributed by atoms with Crippen molar-refractivity contribution in [3.63, 3.8) is 0 Å². The molecule has 0 saturated carbocycles. The van der Waals surface area contributed by atoms with E-state index >= 15 is 0 Å². The first kappa shape index (κ1) is 23.3. The van der Waals surface area contributed by atoms with Crippen LogP contribution in [0.5, 0.6) is 0 Å². The maximum Gasteiger partial charge on any atom is 0.0267 e. The van der Waals surface area contributed by atoms with Crippen molar-refractivity contribution < 1.29 is 0 Å². The smallest absolute Gasteiger partial charge is 0.0267 e. The van der Waals surface area contributed by atoms with Crippen molar-refractivity contribution in [2.45, 2.75) is 67.5 Å². The second kappa shape index (κ2) is 16.4. The van der Waals surface area contributed by atoms with Gasteiger partial charge in [0.05, 0.1) is 0 Å². The van der Waals surface area contributed by atoms with Gasteiger partial charge >= 0.3 is 0 Å². The van der Waals surface area contributed by atoms with Crippen molar-refractivity contribution in [3.8, 4) is 0 Å². The van der Waals surface area contributed by atoms with Gasteiger partial charge in [-0.15, -0.1) is 0 Å². The summed E-state index contributed by atoms with van der Waals surface area (Å²) in [5.41, 5.74) is 0. The average molecular weight is 310 g/mol. The number of pyridine rings is 1. The van der Waals surface area contributed by atoms with Crippen LogP contribution in [0.1, 0.15) is 55.4 Å². The van der Waals surface area contributed by atoms with Gasteiger partial charge in [0.25, 0.3) is 0 Å². The van der Waals surface area contributed by atoms with Crippen molar-refractivity contribution in [1.29, 1.82) is 0 Å². The molecule has 130 valence electrons. The fourth-order valence-electron chi connectivity index (χ4n) is 2.31. The minimum absolute atomic E-state index is 0.690. The molecular formula is C19H39N3. The second-order valence-corrected chi connectivity index (χ2v) is 5.66. The molecule has 0 aromatic carbocycles. The van der Waals surface area contributed by atoms with E-state index in [9.17, 15) is 0 Å². The van der Waals surface area contributed by atoms with E-state index in [1.54, 1.807) is 12.4 Å². The SMILES string of the molecule is CCN(C(C)C)C(C)C.CCN(CC)CC.c1ccncc1. The topological polar surface area (TPSA) is 19.4 Å². The summed E-state index contributed by atoms with van der Waals surface area (Å²) in [6.45, 7) is 22.5. The number of hydrogen-bond acceptors (Lipinski definition) is 3. The molecule has 0 aliphatic heterocycles. The Hall–Kier alpha value is -0.930. The molecule has 0 aliphatic rings. The molecule has 0 amide bonds. The van der Waals surface area contributed by atoms with Gasteiger partial charge in [0.15, 0.2) is 0 Å². The highest BCUT2D eigenvalue weighted by Gasteiger charge is 2.08. The summed E-state index contributed by atoms with van der Waals surface area (Å²) >= 11 is 0. The molecule has 1 heterocycles. The van der Waals surface area contributed by atoms with Gasteiger partial charge in [-0.05, 0) is 66.0 Å². The molecule has 0 spiro atoms. The minimum atomic E-state index is 0.690. The van der Waals surface area contributed by atoms with Crippen LogP contribution in [0.2, 0.25) is 0 Å². The first-order chi connectivity index (χ1) is 10.4. The van der Waals surface area contributed by atoms with Crippen LogP contribution in [-0.2, 0) is 0 Å². The highest BCUT2D eigenvalue weighted by Crippen LogP contribution is 2.02. The van der Waals surface area contributed by atoms with Gasteiger partial charge in [-0.2, -0.15) is 0 Å². The van der Waals surface area contributed by atoms with Crippen molar-refractivity contribution >= 4 is 0 Å². The fraction of sp³-hybridized carbons (Fsp3) is 0.737. The summed E-state index contributed by atoms with van der Waals surface area (Å²) in [4.78, 5) is 8.62. The maximum absolute atomic E-state index is 3.78. The Morgan fingerprint density at radius 1 is 0.682 bits per heavy atom. The number of hydrogen-bond donors (Lipinski definition) is 0. The Kier molecular flexibility index (Phi) is 17.4. The lowest BCUT2D eigenvalue weighted by Crippen LogP contribution is -2.36. The van der Waals surface area contributed by atoms with Gasteiger partial charge in [0.1, 0.15) is 0 Å². The Balaban J connectivity index is 0. The van der Waals surface area contributed by atoms with E-state index in [0.717, 1.165) is 6.54 Å². The molecule has 0 bridgehead atoms. The molecule has 0 N–H and O–H groups in total. The first-order valence-electron chi connectivity index (χ1n) is 8.77. The third-order valence-electron chi connectivity index (χ3n) is 3.60. The minimum Gasteiger partial charge on any atom is -0.304 e. The lowest BCUT2D eigenvalue weighted by Gasteiger charge is -2.28. The molecule has 22 heavy (non-hydrogen) atoms. The molecule has 3 nitrogen and oxygen atoms in total. The third kappa shape index (κ3) is 14.0. The summed E-state index contributed by atoms with van der Waals surface area (Å²) in [5, 5.41) is 0. The predicted molar refractivity (Wildman–Crippen MR) is 100 cm³/mol. The molecule has 3 heteroatoms. The Morgan fingerprint density at radius 2 is 1.09 bits per heavy atom. The second-order valence-electron chi connectivity index (χ2n) is 5.66. The number of nitrogens with zero attached hydrogens (tertiary/aromatic N) is 3. The van der Waals surface area contributed by atoms with Crippen molar-refractivity contribution in [1.82, 2.24) is 14.8 Å². The van der Waals surface area contributed by atoms with Gasteiger partial charge in [-0.3, -0.25) is 9.88 Å². The lowest BCUT2D eigenvalue weighted by molar-refractivity contribution is 0.185. The average Bonchev–Trinajstić information content (AvgIpc) is 2.52. The Morgan fingerprint density at radius 3 is 1.14 bits per heavy atom. The zero-order valence-electron chi connectivity index (χ0n) is 16.2. The predicted octanol–water partition coefficient (Wildman–Crippen LogP) is 4.55. The number of aromatic nitrogens is 1. The standard InChI is InChI=1S/C8H19N.C6H15N.C5H5N/c1-6-9(7(2)3)8(4)5;1-4-7(5-2)6-3;1-2-4-6-5-3-1/h7-8H,6H2,1-5H3;4-6H2,1-3H3;1-5H. The van der Waals surface area contributed by atoms with Crippen LogP contribution in [0.4, 0.5) is 0 Å². The van der Waals surface area contributed by atoms with E-state index < -0.39 is 0 Å². The van der Waals surface area contributed by atoms with E-state index in [-0.39, 0.29) is 0 Å². The zero-order chi connectivity index (χ0) is 17.4. The first-order valence-corrected chi connectivity index (χ1v) is 8.77. The van der Waals surface area contributed by atoms with Crippen LogP contribution >= 0.6 is 0 Å². The zero-order valence-corrected chi connectivity index (χ0v) is 16.2. The Labute approximate surface area is 139 Å². The summed E-state index contributed by atoms with van der Waals surface area (Å²) in [5.74, 6) is 0. The van der Waals surface area contributed by atoms with E-state index in [1.807, 2.05) is 18.2 Å². The van der Waals surface area contributed by atoms with Crippen molar-refractivity contribution in [3.05, 3.63) is 30.6 Å². The monoisotopic (exact) mass is 309 g/mol. The van der Waals surface area contributed by atoms with Crippen LogP contribution in [0.25, 0.3) is 0 Å². The molecule has 0 atom stereocenters. The van der Waals surface area contributed by atoms with E-state index in [0.29, 0.717) is 12.1 Å². The summed E-state index contributed by atoms with van der Waals surface area (Å²) in [6.07, 6.45) is 3.50. The van der Waals surface area contributed by atoms with Crippen LogP contribution in [-0.4, -0.2) is 53.0 Å². The summed E-state index contributed by atoms with van der Waals surface area (Å²) in [6, 6.07) is 7.09. The van der Waals surface area contributed by atoms with E-state index in [1.165, 1.54) is 19.6 Å². The van der Waals surface area contributed by atoms with Crippen molar-refractivity contribution in [2.75, 3.05) is 26.2 Å². The Bertz CT molecular complexity index is 255. The van der Waals surface area contributed by atoms with Gasteiger partial charge in [0, 0.05) is 24.5 Å². The molecule has 0 radical (unpaired) electrons. The van der Waals surface area contributed by atoms with Crippen molar-refractivity contribution in [2.24, 2.45) is 0 Å². The van der Waals surface area contributed by atoms with Gasteiger partial charge < -0.3 is 4.90 Å². The van der Waals surface area contributed by atoms with Crippen LogP contribution < -0.4 is 0 Å². The van der Waals surface area contributed by atoms with Gasteiger partial charge in [-0.25, -0.2) is 0 Å². The maximum atomic E-state index is 3.78. The third-order valence-corrected chi connectivity index (χ3v) is 3.60. The molecule has 1 rings (SSSR count). The lowest BCUT2D eigenvalue weighted by atomic mass is 10.2. The quantitative estimate of drug-likeness (QED) is 0.768. The molecule has 0 unspecified atom stereocenters. The van der Waals surface area contributed by atoms with Gasteiger partial charge in [0.2, 0.25) is 0 Å². The highest BCUT2D eigenvalue weighted by molar-refractivity contribution is 4.88.